The van der Waals surface area contributed by atoms with Crippen molar-refractivity contribution in [1.29, 1.82) is 0 Å². The van der Waals surface area contributed by atoms with Crippen LogP contribution < -0.4 is 20.1 Å². The van der Waals surface area contributed by atoms with Crippen LogP contribution in [0.1, 0.15) is 36.6 Å². The second-order valence-electron chi connectivity index (χ2n) is 7.75. The summed E-state index contributed by atoms with van der Waals surface area (Å²) in [5, 5.41) is 18.2. The number of aromatic nitrogens is 4. The maximum atomic E-state index is 13.6. The Hall–Kier alpha value is -3.40. The van der Waals surface area contributed by atoms with E-state index in [9.17, 15) is 4.79 Å². The average Bonchev–Trinajstić information content (AvgIpc) is 3.22. The summed E-state index contributed by atoms with van der Waals surface area (Å²) >= 11 is 3.57. The van der Waals surface area contributed by atoms with Gasteiger partial charge in [0.15, 0.2) is 11.5 Å². The van der Waals surface area contributed by atoms with Gasteiger partial charge in [0.05, 0.1) is 23.8 Å². The SMILES string of the molecule is CCOc1cc(C2C(C(=O)Nc3ccc(C)cc3C)=C(C)Nc3nnnn32)cc(Br)c1OC. The molecule has 0 saturated carbocycles. The Bertz CT molecular complexity index is 1250. The second-order valence-corrected chi connectivity index (χ2v) is 8.61. The zero-order chi connectivity index (χ0) is 23.7. The topological polar surface area (TPSA) is 103 Å². The van der Waals surface area contributed by atoms with Crippen LogP contribution in [0.3, 0.4) is 0 Å². The fourth-order valence-corrected chi connectivity index (χ4v) is 4.59. The van der Waals surface area contributed by atoms with Crippen molar-refractivity contribution in [2.75, 3.05) is 24.4 Å². The highest BCUT2D eigenvalue weighted by Gasteiger charge is 2.35. The molecular formula is C23H25BrN6O3. The van der Waals surface area contributed by atoms with Crippen molar-refractivity contribution in [2.45, 2.75) is 33.7 Å². The van der Waals surface area contributed by atoms with E-state index in [1.54, 1.807) is 11.8 Å². The molecule has 1 aliphatic heterocycles. The van der Waals surface area contributed by atoms with Crippen LogP contribution in [-0.4, -0.2) is 39.8 Å². The zero-order valence-electron chi connectivity index (χ0n) is 19.1. The molecule has 0 fully saturated rings. The Kier molecular flexibility index (Phi) is 6.37. The van der Waals surface area contributed by atoms with Crippen molar-refractivity contribution in [3.63, 3.8) is 0 Å². The van der Waals surface area contributed by atoms with Gasteiger partial charge in [0.2, 0.25) is 5.95 Å². The number of amides is 1. The summed E-state index contributed by atoms with van der Waals surface area (Å²) in [5.74, 6) is 1.34. The molecular weight excluding hydrogens is 488 g/mol. The van der Waals surface area contributed by atoms with E-state index in [2.05, 4.69) is 42.1 Å². The summed E-state index contributed by atoms with van der Waals surface area (Å²) in [7, 11) is 1.58. The molecule has 0 radical (unpaired) electrons. The molecule has 0 spiro atoms. The number of tetrazole rings is 1. The van der Waals surface area contributed by atoms with Gasteiger partial charge >= 0.3 is 0 Å². The van der Waals surface area contributed by atoms with Gasteiger partial charge in [-0.05, 0) is 83.4 Å². The van der Waals surface area contributed by atoms with E-state index >= 15 is 0 Å². The molecule has 4 rings (SSSR count). The summed E-state index contributed by atoms with van der Waals surface area (Å²) in [4.78, 5) is 13.6. The van der Waals surface area contributed by atoms with Crippen LogP contribution in [0.5, 0.6) is 11.5 Å². The number of benzene rings is 2. The first-order valence-corrected chi connectivity index (χ1v) is 11.3. The number of methoxy groups -OCH3 is 1. The molecule has 3 aromatic rings. The molecule has 1 atom stereocenters. The number of halogens is 1. The average molecular weight is 513 g/mol. The number of hydrogen-bond donors (Lipinski definition) is 2. The Balaban J connectivity index is 1.82. The quantitative estimate of drug-likeness (QED) is 0.504. The van der Waals surface area contributed by atoms with E-state index in [0.29, 0.717) is 39.8 Å². The van der Waals surface area contributed by atoms with E-state index in [0.717, 1.165) is 22.4 Å². The first-order valence-electron chi connectivity index (χ1n) is 10.5. The number of ether oxygens (including phenoxy) is 2. The number of rotatable bonds is 6. The monoisotopic (exact) mass is 512 g/mol. The maximum Gasteiger partial charge on any atom is 0.255 e. The van der Waals surface area contributed by atoms with E-state index in [1.807, 2.05) is 58.0 Å². The van der Waals surface area contributed by atoms with Crippen molar-refractivity contribution in [2.24, 2.45) is 0 Å². The van der Waals surface area contributed by atoms with Crippen molar-refractivity contribution >= 4 is 33.5 Å². The van der Waals surface area contributed by atoms with Crippen LogP contribution in [0.2, 0.25) is 0 Å². The van der Waals surface area contributed by atoms with E-state index < -0.39 is 6.04 Å². The van der Waals surface area contributed by atoms with Gasteiger partial charge in [-0.2, -0.15) is 4.68 Å². The molecule has 1 unspecified atom stereocenters. The number of carbonyl (C=O) groups excluding carboxylic acids is 1. The fourth-order valence-electron chi connectivity index (χ4n) is 3.96. The summed E-state index contributed by atoms with van der Waals surface area (Å²) in [5.41, 5.74) is 4.78. The van der Waals surface area contributed by atoms with E-state index in [4.69, 9.17) is 9.47 Å². The number of carbonyl (C=O) groups is 1. The number of aryl methyl sites for hydroxylation is 2. The summed E-state index contributed by atoms with van der Waals surface area (Å²) in [6, 6.07) is 9.07. The molecule has 10 heteroatoms. The largest absolute Gasteiger partial charge is 0.492 e. The predicted octanol–water partition coefficient (Wildman–Crippen LogP) is 4.39. The first-order chi connectivity index (χ1) is 15.8. The van der Waals surface area contributed by atoms with Gasteiger partial charge in [0, 0.05) is 11.4 Å². The molecule has 172 valence electrons. The first kappa shape index (κ1) is 22.8. The molecule has 1 aromatic heterocycles. The van der Waals surface area contributed by atoms with Crippen LogP contribution in [0.4, 0.5) is 11.6 Å². The zero-order valence-corrected chi connectivity index (χ0v) is 20.6. The van der Waals surface area contributed by atoms with E-state index in [-0.39, 0.29) is 5.91 Å². The minimum absolute atomic E-state index is 0.247. The predicted molar refractivity (Wildman–Crippen MR) is 129 cm³/mol. The fraction of sp³-hybridized carbons (Fsp3) is 0.304. The summed E-state index contributed by atoms with van der Waals surface area (Å²) in [6.07, 6.45) is 0. The van der Waals surface area contributed by atoms with Crippen LogP contribution >= 0.6 is 15.9 Å². The molecule has 0 bridgehead atoms. The highest BCUT2D eigenvalue weighted by atomic mass is 79.9. The lowest BCUT2D eigenvalue weighted by atomic mass is 9.94. The third-order valence-corrected chi connectivity index (χ3v) is 6.03. The third kappa shape index (κ3) is 4.30. The molecule has 2 heterocycles. The molecule has 1 amide bonds. The molecule has 2 N–H and O–H groups in total. The van der Waals surface area contributed by atoms with Crippen LogP contribution in [0, 0.1) is 13.8 Å². The Morgan fingerprint density at radius 1 is 1.24 bits per heavy atom. The normalized spacial score (nSPS) is 15.0. The smallest absolute Gasteiger partial charge is 0.255 e. The van der Waals surface area contributed by atoms with Gasteiger partial charge in [0.1, 0.15) is 6.04 Å². The number of nitrogens with zero attached hydrogens (tertiary/aromatic N) is 4. The molecule has 0 aliphatic carbocycles. The molecule has 9 nitrogen and oxygen atoms in total. The van der Waals surface area contributed by atoms with Crippen molar-refractivity contribution in [3.8, 4) is 11.5 Å². The third-order valence-electron chi connectivity index (χ3n) is 5.44. The maximum absolute atomic E-state index is 13.6. The number of fused-ring (bicyclic) bond motifs is 1. The lowest BCUT2D eigenvalue weighted by Gasteiger charge is -2.28. The number of anilines is 2. The number of hydrogen-bond acceptors (Lipinski definition) is 7. The standard InChI is InChI=1S/C23H25BrN6O3/c1-6-33-18-11-15(10-16(24)21(18)32-5)20-19(14(4)25-23-27-28-29-30(20)23)22(31)26-17-8-7-12(2)9-13(17)3/h7-11,20H,6H2,1-5H3,(H,26,31)(H,25,27,29). The molecule has 2 aromatic carbocycles. The Labute approximate surface area is 200 Å². The van der Waals surface area contributed by atoms with Gasteiger partial charge in [-0.3, -0.25) is 4.79 Å². The Morgan fingerprint density at radius 2 is 2.03 bits per heavy atom. The van der Waals surface area contributed by atoms with Gasteiger partial charge in [-0.15, -0.1) is 0 Å². The second kappa shape index (κ2) is 9.22. The van der Waals surface area contributed by atoms with Crippen molar-refractivity contribution < 1.29 is 14.3 Å². The van der Waals surface area contributed by atoms with Crippen molar-refractivity contribution in [1.82, 2.24) is 20.2 Å². The van der Waals surface area contributed by atoms with Gasteiger partial charge in [0.25, 0.3) is 5.91 Å². The van der Waals surface area contributed by atoms with Gasteiger partial charge < -0.3 is 20.1 Å². The highest BCUT2D eigenvalue weighted by molar-refractivity contribution is 9.10. The van der Waals surface area contributed by atoms with Crippen LogP contribution in [-0.2, 0) is 4.79 Å². The summed E-state index contributed by atoms with van der Waals surface area (Å²) in [6.45, 7) is 8.18. The van der Waals surface area contributed by atoms with Gasteiger partial charge in [-0.1, -0.05) is 22.8 Å². The number of nitrogens with one attached hydrogen (secondary N) is 2. The van der Waals surface area contributed by atoms with Crippen molar-refractivity contribution in [3.05, 3.63) is 62.8 Å². The lowest BCUT2D eigenvalue weighted by molar-refractivity contribution is -0.113. The van der Waals surface area contributed by atoms with Crippen LogP contribution in [0.15, 0.2) is 46.1 Å². The molecule has 33 heavy (non-hydrogen) atoms. The lowest BCUT2D eigenvalue weighted by Crippen LogP contribution is -2.31. The van der Waals surface area contributed by atoms with Gasteiger partial charge in [-0.25, -0.2) is 0 Å². The molecule has 0 saturated heterocycles. The van der Waals surface area contributed by atoms with Crippen LogP contribution in [0.25, 0.3) is 0 Å². The minimum atomic E-state index is -0.580. The number of allylic oxidation sites excluding steroid dienone is 1. The minimum Gasteiger partial charge on any atom is -0.492 e. The van der Waals surface area contributed by atoms with E-state index in [1.165, 1.54) is 0 Å². The molecule has 1 aliphatic rings. The Morgan fingerprint density at radius 3 is 2.73 bits per heavy atom. The highest BCUT2D eigenvalue weighted by Crippen LogP contribution is 2.42. The summed E-state index contributed by atoms with van der Waals surface area (Å²) < 4.78 is 13.6.